The van der Waals surface area contributed by atoms with Gasteiger partial charge in [-0.05, 0) is 37.5 Å². The van der Waals surface area contributed by atoms with E-state index in [0.717, 1.165) is 13.0 Å². The van der Waals surface area contributed by atoms with Crippen molar-refractivity contribution < 1.29 is 14.6 Å². The van der Waals surface area contributed by atoms with Gasteiger partial charge in [0.1, 0.15) is 5.75 Å². The summed E-state index contributed by atoms with van der Waals surface area (Å²) in [5.74, 6) is 0.278. The number of aliphatic hydroxyl groups is 1. The molecule has 2 atom stereocenters. The number of fused-ring (bicyclic) bond motifs is 1. The van der Waals surface area contributed by atoms with Crippen LogP contribution in [0.5, 0.6) is 5.75 Å². The number of rotatable bonds is 6. The number of amides is 1. The Morgan fingerprint density at radius 2 is 2.12 bits per heavy atom. The summed E-state index contributed by atoms with van der Waals surface area (Å²) >= 11 is 0. The predicted molar refractivity (Wildman–Crippen MR) is 99.1 cm³/mol. The molecule has 1 aliphatic heterocycles. The molecule has 0 radical (unpaired) electrons. The molecule has 26 heavy (non-hydrogen) atoms. The predicted octanol–water partition coefficient (Wildman–Crippen LogP) is 1.67. The molecule has 1 aromatic carbocycles. The van der Waals surface area contributed by atoms with Gasteiger partial charge in [-0.25, -0.2) is 0 Å². The lowest BCUT2D eigenvalue weighted by Crippen LogP contribution is -2.49. The SMILES string of the molecule is CC(C)Oc1cncc(C(=O)NCC(O)C2Cc3ccccc3CN2)c1. The summed E-state index contributed by atoms with van der Waals surface area (Å²) in [4.78, 5) is 16.4. The van der Waals surface area contributed by atoms with Crippen molar-refractivity contribution in [2.24, 2.45) is 0 Å². The van der Waals surface area contributed by atoms with Crippen molar-refractivity contribution in [3.05, 3.63) is 59.4 Å². The van der Waals surface area contributed by atoms with Gasteiger partial charge in [0.25, 0.3) is 5.91 Å². The third kappa shape index (κ3) is 4.59. The Labute approximate surface area is 153 Å². The Kier molecular flexibility index (Phi) is 5.85. The number of aromatic nitrogens is 1. The quantitative estimate of drug-likeness (QED) is 0.734. The second-order valence-electron chi connectivity index (χ2n) is 6.81. The van der Waals surface area contributed by atoms with E-state index in [4.69, 9.17) is 4.74 Å². The second-order valence-corrected chi connectivity index (χ2v) is 6.81. The first kappa shape index (κ1) is 18.4. The van der Waals surface area contributed by atoms with Crippen molar-refractivity contribution in [2.75, 3.05) is 6.54 Å². The molecular weight excluding hydrogens is 330 g/mol. The summed E-state index contributed by atoms with van der Waals surface area (Å²) in [5.41, 5.74) is 2.91. The number of pyridine rings is 1. The fourth-order valence-electron chi connectivity index (χ4n) is 3.07. The highest BCUT2D eigenvalue weighted by atomic mass is 16.5. The largest absolute Gasteiger partial charge is 0.489 e. The number of aliphatic hydroxyl groups excluding tert-OH is 1. The van der Waals surface area contributed by atoms with E-state index in [1.165, 1.54) is 17.3 Å². The minimum absolute atomic E-state index is 0.0113. The van der Waals surface area contributed by atoms with Gasteiger partial charge in [0.2, 0.25) is 0 Å². The summed E-state index contributed by atoms with van der Waals surface area (Å²) in [7, 11) is 0. The minimum atomic E-state index is -0.671. The van der Waals surface area contributed by atoms with Gasteiger partial charge < -0.3 is 20.5 Å². The molecule has 1 aliphatic rings. The van der Waals surface area contributed by atoms with E-state index in [9.17, 15) is 9.90 Å². The third-order valence-electron chi connectivity index (χ3n) is 4.40. The van der Waals surface area contributed by atoms with Crippen molar-refractivity contribution in [1.29, 1.82) is 0 Å². The number of nitrogens with zero attached hydrogens (tertiary/aromatic N) is 1. The van der Waals surface area contributed by atoms with Gasteiger partial charge in [-0.15, -0.1) is 0 Å². The Morgan fingerprint density at radius 3 is 2.88 bits per heavy atom. The highest BCUT2D eigenvalue weighted by Crippen LogP contribution is 2.18. The van der Waals surface area contributed by atoms with Gasteiger partial charge in [0.05, 0.1) is 24.0 Å². The molecule has 3 N–H and O–H groups in total. The third-order valence-corrected chi connectivity index (χ3v) is 4.40. The maximum absolute atomic E-state index is 12.3. The lowest BCUT2D eigenvalue weighted by atomic mass is 9.93. The summed E-state index contributed by atoms with van der Waals surface area (Å²) in [6.45, 7) is 4.73. The molecule has 0 bridgehead atoms. The van der Waals surface area contributed by atoms with E-state index in [2.05, 4.69) is 27.8 Å². The van der Waals surface area contributed by atoms with Crippen LogP contribution in [0.4, 0.5) is 0 Å². The van der Waals surface area contributed by atoms with Crippen LogP contribution in [0.15, 0.2) is 42.7 Å². The first-order chi connectivity index (χ1) is 12.5. The number of ether oxygens (including phenoxy) is 1. The van der Waals surface area contributed by atoms with Gasteiger partial charge in [0, 0.05) is 25.3 Å². The van der Waals surface area contributed by atoms with Gasteiger partial charge in [-0.2, -0.15) is 0 Å². The van der Waals surface area contributed by atoms with E-state index in [0.29, 0.717) is 11.3 Å². The number of carbonyl (C=O) groups excluding carboxylic acids is 1. The average Bonchev–Trinajstić information content (AvgIpc) is 2.65. The monoisotopic (exact) mass is 355 g/mol. The molecule has 1 amide bonds. The standard InChI is InChI=1S/C20H25N3O3/c1-13(2)26-17-7-16(9-21-11-17)20(25)23-12-19(24)18-8-14-5-3-4-6-15(14)10-22-18/h3-7,9,11,13,18-19,22,24H,8,10,12H2,1-2H3,(H,23,25). The van der Waals surface area contributed by atoms with Crippen molar-refractivity contribution in [1.82, 2.24) is 15.6 Å². The summed E-state index contributed by atoms with van der Waals surface area (Å²) in [6, 6.07) is 9.77. The van der Waals surface area contributed by atoms with Crippen LogP contribution in [0.2, 0.25) is 0 Å². The van der Waals surface area contributed by atoms with Crippen LogP contribution in [0, 0.1) is 0 Å². The number of nitrogens with one attached hydrogen (secondary N) is 2. The van der Waals surface area contributed by atoms with Gasteiger partial charge in [-0.3, -0.25) is 9.78 Å². The summed E-state index contributed by atoms with van der Waals surface area (Å²) < 4.78 is 5.56. The molecule has 2 heterocycles. The van der Waals surface area contributed by atoms with E-state index >= 15 is 0 Å². The maximum atomic E-state index is 12.3. The fourth-order valence-corrected chi connectivity index (χ4v) is 3.07. The number of hydrogen-bond donors (Lipinski definition) is 3. The molecule has 2 unspecified atom stereocenters. The zero-order valence-electron chi connectivity index (χ0n) is 15.1. The Hall–Kier alpha value is -2.44. The molecule has 138 valence electrons. The Morgan fingerprint density at radius 1 is 1.35 bits per heavy atom. The van der Waals surface area contributed by atoms with E-state index in [1.807, 2.05) is 26.0 Å². The lowest BCUT2D eigenvalue weighted by Gasteiger charge is -2.30. The molecule has 0 aliphatic carbocycles. The van der Waals surface area contributed by atoms with Crippen molar-refractivity contribution in [3.8, 4) is 5.75 Å². The van der Waals surface area contributed by atoms with Crippen LogP contribution >= 0.6 is 0 Å². The van der Waals surface area contributed by atoms with Crippen molar-refractivity contribution in [2.45, 2.75) is 45.1 Å². The lowest BCUT2D eigenvalue weighted by molar-refractivity contribution is 0.0869. The smallest absolute Gasteiger partial charge is 0.253 e. The van der Waals surface area contributed by atoms with Crippen LogP contribution in [0.25, 0.3) is 0 Å². The van der Waals surface area contributed by atoms with Gasteiger partial charge >= 0.3 is 0 Å². The fraction of sp³-hybridized carbons (Fsp3) is 0.400. The molecule has 0 fully saturated rings. The molecule has 6 heteroatoms. The van der Waals surface area contributed by atoms with Gasteiger partial charge in [0.15, 0.2) is 0 Å². The first-order valence-corrected chi connectivity index (χ1v) is 8.91. The number of carbonyl (C=O) groups is 1. The topological polar surface area (TPSA) is 83.5 Å². The maximum Gasteiger partial charge on any atom is 0.253 e. The molecule has 1 aromatic heterocycles. The Balaban J connectivity index is 1.55. The molecule has 0 saturated carbocycles. The van der Waals surface area contributed by atoms with Crippen LogP contribution in [-0.2, 0) is 13.0 Å². The van der Waals surface area contributed by atoms with Crippen molar-refractivity contribution >= 4 is 5.91 Å². The van der Waals surface area contributed by atoms with Crippen molar-refractivity contribution in [3.63, 3.8) is 0 Å². The van der Waals surface area contributed by atoms with Crippen LogP contribution < -0.4 is 15.4 Å². The Bertz CT molecular complexity index is 763. The summed E-state index contributed by atoms with van der Waals surface area (Å²) in [5, 5.41) is 16.6. The highest BCUT2D eigenvalue weighted by Gasteiger charge is 2.24. The zero-order chi connectivity index (χ0) is 18.5. The second kappa shape index (κ2) is 8.29. The van der Waals surface area contributed by atoms with Crippen LogP contribution in [0.3, 0.4) is 0 Å². The van der Waals surface area contributed by atoms with E-state index < -0.39 is 6.10 Å². The normalized spacial score (nSPS) is 17.5. The number of benzene rings is 1. The molecular formula is C20H25N3O3. The summed E-state index contributed by atoms with van der Waals surface area (Å²) in [6.07, 6.45) is 3.15. The molecule has 0 spiro atoms. The molecule has 6 nitrogen and oxygen atoms in total. The van der Waals surface area contributed by atoms with Crippen LogP contribution in [-0.4, -0.2) is 40.8 Å². The molecule has 3 rings (SSSR count). The van der Waals surface area contributed by atoms with Crippen LogP contribution in [0.1, 0.15) is 35.3 Å². The minimum Gasteiger partial charge on any atom is -0.489 e. The first-order valence-electron chi connectivity index (χ1n) is 8.91. The molecule has 2 aromatic rings. The zero-order valence-corrected chi connectivity index (χ0v) is 15.1. The average molecular weight is 355 g/mol. The molecule has 0 saturated heterocycles. The van der Waals surface area contributed by atoms with E-state index in [-0.39, 0.29) is 24.6 Å². The van der Waals surface area contributed by atoms with Gasteiger partial charge in [-0.1, -0.05) is 24.3 Å². The highest BCUT2D eigenvalue weighted by molar-refractivity contribution is 5.94. The van der Waals surface area contributed by atoms with E-state index in [1.54, 1.807) is 12.3 Å². The number of hydrogen-bond acceptors (Lipinski definition) is 5.